The van der Waals surface area contributed by atoms with Crippen molar-refractivity contribution in [2.24, 2.45) is 0 Å². The van der Waals surface area contributed by atoms with E-state index in [2.05, 4.69) is 10.2 Å². The molecule has 152 valence electrons. The zero-order chi connectivity index (χ0) is 20.3. The summed E-state index contributed by atoms with van der Waals surface area (Å²) in [6.07, 6.45) is 0. The number of amides is 1. The molecule has 1 fully saturated rings. The minimum atomic E-state index is 0.0798. The molecule has 0 atom stereocenters. The molecular formula is C22H20N4O3S. The number of carbonyl (C=O) groups excluding carboxylic acids is 1. The van der Waals surface area contributed by atoms with Crippen LogP contribution in [0.25, 0.3) is 28.2 Å². The Bertz CT molecular complexity index is 1130. The van der Waals surface area contributed by atoms with Crippen LogP contribution in [0.4, 0.5) is 0 Å². The molecule has 0 radical (unpaired) electrons. The Morgan fingerprint density at radius 1 is 1.00 bits per heavy atom. The number of para-hydroxylation sites is 2. The Morgan fingerprint density at radius 3 is 2.57 bits per heavy atom. The summed E-state index contributed by atoms with van der Waals surface area (Å²) in [5.74, 6) is 1.62. The molecular weight excluding hydrogens is 400 g/mol. The van der Waals surface area contributed by atoms with Gasteiger partial charge in [0.25, 0.3) is 0 Å². The van der Waals surface area contributed by atoms with E-state index in [0.29, 0.717) is 48.8 Å². The van der Waals surface area contributed by atoms with E-state index in [1.165, 1.54) is 11.8 Å². The third kappa shape index (κ3) is 3.71. The molecule has 30 heavy (non-hydrogen) atoms. The molecule has 8 heteroatoms. The first-order valence-corrected chi connectivity index (χ1v) is 10.8. The van der Waals surface area contributed by atoms with Crippen molar-refractivity contribution in [3.05, 3.63) is 60.7 Å². The smallest absolute Gasteiger partial charge is 0.233 e. The van der Waals surface area contributed by atoms with Crippen LogP contribution in [0.1, 0.15) is 0 Å². The van der Waals surface area contributed by atoms with E-state index >= 15 is 0 Å². The highest BCUT2D eigenvalue weighted by atomic mass is 32.2. The van der Waals surface area contributed by atoms with Crippen molar-refractivity contribution in [3.8, 4) is 17.3 Å². The number of morpholine rings is 1. The van der Waals surface area contributed by atoms with Gasteiger partial charge in [-0.2, -0.15) is 0 Å². The maximum absolute atomic E-state index is 12.6. The number of hydrogen-bond donors (Lipinski definition) is 0. The zero-order valence-electron chi connectivity index (χ0n) is 16.2. The van der Waals surface area contributed by atoms with Gasteiger partial charge < -0.3 is 14.1 Å². The van der Waals surface area contributed by atoms with Gasteiger partial charge in [-0.05, 0) is 24.3 Å². The summed E-state index contributed by atoms with van der Waals surface area (Å²) in [5, 5.41) is 10.4. The van der Waals surface area contributed by atoms with E-state index in [9.17, 15) is 4.79 Å². The lowest BCUT2D eigenvalue weighted by Gasteiger charge is -2.26. The zero-order valence-corrected chi connectivity index (χ0v) is 17.0. The van der Waals surface area contributed by atoms with Gasteiger partial charge >= 0.3 is 0 Å². The maximum Gasteiger partial charge on any atom is 0.233 e. The number of rotatable bonds is 5. The number of benzene rings is 2. The standard InChI is InChI=1S/C22H20N4O3S/c27-20(25-10-12-28-13-11-25)15-30-22-24-23-21(26(22)17-7-2-1-3-8-17)19-14-16-6-4-5-9-18(16)29-19/h1-9,14H,10-13,15H2. The Morgan fingerprint density at radius 2 is 1.77 bits per heavy atom. The molecule has 0 bridgehead atoms. The van der Waals surface area contributed by atoms with Crippen LogP contribution in [0, 0.1) is 0 Å². The molecule has 0 N–H and O–H groups in total. The molecule has 0 aliphatic carbocycles. The third-order valence-corrected chi connectivity index (χ3v) is 5.90. The molecule has 3 heterocycles. The van der Waals surface area contributed by atoms with Gasteiger partial charge in [0.15, 0.2) is 10.9 Å². The van der Waals surface area contributed by atoms with Crippen LogP contribution < -0.4 is 0 Å². The number of ether oxygens (including phenoxy) is 1. The fraction of sp³-hybridized carbons (Fsp3) is 0.227. The molecule has 0 unspecified atom stereocenters. The van der Waals surface area contributed by atoms with Gasteiger partial charge in [0, 0.05) is 24.2 Å². The Kier molecular flexibility index (Phi) is 5.25. The van der Waals surface area contributed by atoms with Crippen LogP contribution >= 0.6 is 11.8 Å². The van der Waals surface area contributed by atoms with Crippen molar-refractivity contribution in [1.82, 2.24) is 19.7 Å². The molecule has 5 rings (SSSR count). The molecule has 1 amide bonds. The second-order valence-corrected chi connectivity index (χ2v) is 7.85. The van der Waals surface area contributed by atoms with Crippen LogP contribution in [-0.2, 0) is 9.53 Å². The van der Waals surface area contributed by atoms with E-state index in [1.54, 1.807) is 0 Å². The monoisotopic (exact) mass is 420 g/mol. The first-order chi connectivity index (χ1) is 14.8. The van der Waals surface area contributed by atoms with Crippen LogP contribution in [-0.4, -0.2) is 57.6 Å². The Balaban J connectivity index is 1.48. The summed E-state index contributed by atoms with van der Waals surface area (Å²) in [6, 6.07) is 19.7. The lowest BCUT2D eigenvalue weighted by Crippen LogP contribution is -2.41. The first-order valence-electron chi connectivity index (χ1n) is 9.78. The highest BCUT2D eigenvalue weighted by Gasteiger charge is 2.22. The topological polar surface area (TPSA) is 73.4 Å². The van der Waals surface area contributed by atoms with Gasteiger partial charge in [-0.25, -0.2) is 0 Å². The number of fused-ring (bicyclic) bond motifs is 1. The third-order valence-electron chi connectivity index (χ3n) is 4.98. The fourth-order valence-electron chi connectivity index (χ4n) is 3.46. The van der Waals surface area contributed by atoms with Crippen LogP contribution in [0.5, 0.6) is 0 Å². The number of carbonyl (C=O) groups is 1. The van der Waals surface area contributed by atoms with Gasteiger partial charge in [0.05, 0.1) is 19.0 Å². The highest BCUT2D eigenvalue weighted by Crippen LogP contribution is 2.31. The molecule has 1 aliphatic rings. The van der Waals surface area contributed by atoms with Crippen molar-refractivity contribution in [1.29, 1.82) is 0 Å². The summed E-state index contributed by atoms with van der Waals surface area (Å²) < 4.78 is 13.3. The number of hydrogen-bond acceptors (Lipinski definition) is 6. The lowest BCUT2D eigenvalue weighted by molar-refractivity contribution is -0.132. The van der Waals surface area contributed by atoms with Gasteiger partial charge in [-0.3, -0.25) is 9.36 Å². The Labute approximate surface area is 177 Å². The van der Waals surface area contributed by atoms with Crippen molar-refractivity contribution in [3.63, 3.8) is 0 Å². The SMILES string of the molecule is O=C(CSc1nnc(-c2cc3ccccc3o2)n1-c1ccccc1)N1CCOCC1. The largest absolute Gasteiger partial charge is 0.453 e. The van der Waals surface area contributed by atoms with Crippen LogP contribution in [0.2, 0.25) is 0 Å². The van der Waals surface area contributed by atoms with Crippen molar-refractivity contribution >= 4 is 28.6 Å². The van der Waals surface area contributed by atoms with Crippen molar-refractivity contribution in [2.75, 3.05) is 32.1 Å². The predicted molar refractivity (Wildman–Crippen MR) is 115 cm³/mol. The molecule has 2 aromatic carbocycles. The molecule has 7 nitrogen and oxygen atoms in total. The van der Waals surface area contributed by atoms with E-state index < -0.39 is 0 Å². The van der Waals surface area contributed by atoms with Crippen molar-refractivity contribution < 1.29 is 13.9 Å². The van der Waals surface area contributed by atoms with Gasteiger partial charge in [0.1, 0.15) is 5.58 Å². The number of aromatic nitrogens is 3. The number of furan rings is 1. The lowest BCUT2D eigenvalue weighted by atomic mass is 10.2. The number of thioether (sulfide) groups is 1. The van der Waals surface area contributed by atoms with E-state index in [0.717, 1.165) is 16.7 Å². The van der Waals surface area contributed by atoms with E-state index in [-0.39, 0.29) is 5.91 Å². The average molecular weight is 420 g/mol. The van der Waals surface area contributed by atoms with Crippen LogP contribution in [0.15, 0.2) is 70.2 Å². The molecule has 2 aromatic heterocycles. The summed E-state index contributed by atoms with van der Waals surface area (Å²) in [5.41, 5.74) is 1.71. The predicted octanol–water partition coefficient (Wildman–Crippen LogP) is 3.63. The molecule has 0 spiro atoms. The normalized spacial score (nSPS) is 14.3. The van der Waals surface area contributed by atoms with Crippen LogP contribution in [0.3, 0.4) is 0 Å². The highest BCUT2D eigenvalue weighted by molar-refractivity contribution is 7.99. The first kappa shape index (κ1) is 18.9. The van der Waals surface area contributed by atoms with Gasteiger partial charge in [0.2, 0.25) is 11.7 Å². The molecule has 1 saturated heterocycles. The summed E-state index contributed by atoms with van der Waals surface area (Å²) in [4.78, 5) is 14.4. The molecule has 1 aliphatic heterocycles. The Hall–Kier alpha value is -3.10. The van der Waals surface area contributed by atoms with E-state index in [1.807, 2.05) is 70.1 Å². The molecule has 0 saturated carbocycles. The summed E-state index contributed by atoms with van der Waals surface area (Å²) in [6.45, 7) is 2.45. The summed E-state index contributed by atoms with van der Waals surface area (Å²) in [7, 11) is 0. The number of nitrogens with zero attached hydrogens (tertiary/aromatic N) is 4. The second-order valence-electron chi connectivity index (χ2n) is 6.91. The second kappa shape index (κ2) is 8.33. The minimum absolute atomic E-state index is 0.0798. The van der Waals surface area contributed by atoms with Gasteiger partial charge in [-0.15, -0.1) is 10.2 Å². The van der Waals surface area contributed by atoms with Crippen molar-refractivity contribution in [2.45, 2.75) is 5.16 Å². The average Bonchev–Trinajstić information content (AvgIpc) is 3.42. The quantitative estimate of drug-likeness (QED) is 0.459. The van der Waals surface area contributed by atoms with E-state index in [4.69, 9.17) is 9.15 Å². The fourth-order valence-corrected chi connectivity index (χ4v) is 4.31. The molecule has 4 aromatic rings. The summed E-state index contributed by atoms with van der Waals surface area (Å²) >= 11 is 1.38. The maximum atomic E-state index is 12.6. The minimum Gasteiger partial charge on any atom is -0.453 e. The van der Waals surface area contributed by atoms with Gasteiger partial charge in [-0.1, -0.05) is 48.2 Å².